The van der Waals surface area contributed by atoms with Gasteiger partial charge in [0.25, 0.3) is 5.56 Å². The zero-order chi connectivity index (χ0) is 8.55. The first-order chi connectivity index (χ1) is 5.81. The number of aromatic nitrogens is 2. The Balaban J connectivity index is 2.42. The third-order valence-electron chi connectivity index (χ3n) is 2.35. The molecule has 0 bridgehead atoms. The summed E-state index contributed by atoms with van der Waals surface area (Å²) in [6.45, 7) is 0.635. The summed E-state index contributed by atoms with van der Waals surface area (Å²) in [6, 6.07) is 0. The van der Waals surface area contributed by atoms with Gasteiger partial charge in [-0.15, -0.1) is 0 Å². The summed E-state index contributed by atoms with van der Waals surface area (Å²) in [5.41, 5.74) is 7.27. The highest BCUT2D eigenvalue weighted by atomic mass is 16.1. The first kappa shape index (κ1) is 7.49. The smallest absolute Gasteiger partial charge is 0.254 e. The lowest BCUT2D eigenvalue weighted by Crippen LogP contribution is -2.16. The van der Waals surface area contributed by atoms with Crippen molar-refractivity contribution in [2.24, 2.45) is 11.7 Å². The van der Waals surface area contributed by atoms with Crippen LogP contribution in [0.1, 0.15) is 11.3 Å². The molecular weight excluding hydrogens is 154 g/mol. The van der Waals surface area contributed by atoms with Crippen LogP contribution in [0.4, 0.5) is 0 Å². The number of nitrogens with two attached hydrogens (primary N) is 1. The van der Waals surface area contributed by atoms with E-state index in [1.807, 2.05) is 0 Å². The number of rotatable bonds is 1. The van der Waals surface area contributed by atoms with Gasteiger partial charge < -0.3 is 10.7 Å². The monoisotopic (exact) mass is 165 g/mol. The number of fused-ring (bicyclic) bond motifs is 1. The van der Waals surface area contributed by atoms with Gasteiger partial charge in [-0.2, -0.15) is 0 Å². The van der Waals surface area contributed by atoms with Crippen LogP contribution in [0, 0.1) is 5.92 Å². The van der Waals surface area contributed by atoms with Crippen molar-refractivity contribution in [1.29, 1.82) is 0 Å². The van der Waals surface area contributed by atoms with Gasteiger partial charge >= 0.3 is 0 Å². The number of hydrogen-bond acceptors (Lipinski definition) is 3. The maximum absolute atomic E-state index is 11.2. The van der Waals surface area contributed by atoms with Gasteiger partial charge in [-0.05, 0) is 25.3 Å². The van der Waals surface area contributed by atoms with Crippen LogP contribution in [-0.2, 0) is 12.8 Å². The van der Waals surface area contributed by atoms with Crippen molar-refractivity contribution in [3.8, 4) is 0 Å². The second-order valence-corrected chi connectivity index (χ2v) is 3.17. The molecular formula is C8H11N3O. The molecule has 0 fully saturated rings. The lowest BCUT2D eigenvalue weighted by atomic mass is 10.1. The highest BCUT2D eigenvalue weighted by Crippen LogP contribution is 2.20. The molecule has 1 aliphatic carbocycles. The summed E-state index contributed by atoms with van der Waals surface area (Å²) in [5, 5.41) is 0. The van der Waals surface area contributed by atoms with Crippen LogP contribution >= 0.6 is 0 Å². The van der Waals surface area contributed by atoms with E-state index in [1.54, 1.807) is 0 Å². The number of nitrogens with zero attached hydrogens (tertiary/aromatic N) is 1. The second kappa shape index (κ2) is 2.71. The maximum atomic E-state index is 11.2. The quantitative estimate of drug-likeness (QED) is 0.586. The molecule has 2 rings (SSSR count). The van der Waals surface area contributed by atoms with Crippen LogP contribution in [0.5, 0.6) is 0 Å². The molecule has 4 nitrogen and oxygen atoms in total. The molecule has 0 spiro atoms. The molecule has 0 aromatic carbocycles. The summed E-state index contributed by atoms with van der Waals surface area (Å²) in [4.78, 5) is 17.9. The number of aromatic amines is 1. The molecule has 4 heteroatoms. The minimum atomic E-state index is -0.00375. The minimum absolute atomic E-state index is 0.00375. The summed E-state index contributed by atoms with van der Waals surface area (Å²) in [5.74, 6) is 0.413. The molecule has 0 radical (unpaired) electrons. The van der Waals surface area contributed by atoms with Crippen molar-refractivity contribution in [3.05, 3.63) is 27.9 Å². The van der Waals surface area contributed by atoms with Crippen LogP contribution in [0.3, 0.4) is 0 Å². The van der Waals surface area contributed by atoms with Crippen LogP contribution in [-0.4, -0.2) is 16.5 Å². The summed E-state index contributed by atoms with van der Waals surface area (Å²) < 4.78 is 0. The van der Waals surface area contributed by atoms with Crippen molar-refractivity contribution >= 4 is 0 Å². The molecule has 1 aliphatic rings. The zero-order valence-corrected chi connectivity index (χ0v) is 6.71. The van der Waals surface area contributed by atoms with E-state index in [0.717, 1.165) is 24.1 Å². The highest BCUT2D eigenvalue weighted by Gasteiger charge is 2.23. The molecule has 1 aromatic rings. The fourth-order valence-corrected chi connectivity index (χ4v) is 1.65. The van der Waals surface area contributed by atoms with Gasteiger partial charge in [0, 0.05) is 5.56 Å². The van der Waals surface area contributed by atoms with Gasteiger partial charge in [-0.1, -0.05) is 0 Å². The van der Waals surface area contributed by atoms with Crippen molar-refractivity contribution in [3.63, 3.8) is 0 Å². The first-order valence-electron chi connectivity index (χ1n) is 4.06. The number of nitrogens with one attached hydrogen (secondary N) is 1. The zero-order valence-electron chi connectivity index (χ0n) is 6.71. The topological polar surface area (TPSA) is 71.8 Å². The Morgan fingerprint density at radius 3 is 3.17 bits per heavy atom. The van der Waals surface area contributed by atoms with E-state index in [1.165, 1.54) is 6.33 Å². The molecule has 0 aliphatic heterocycles. The molecule has 1 heterocycles. The number of H-pyrrole nitrogens is 1. The molecule has 0 saturated carbocycles. The molecule has 0 amide bonds. The SMILES string of the molecule is NCC1Cc2nc[nH]c(=O)c2C1. The average Bonchev–Trinajstić information content (AvgIpc) is 2.49. The van der Waals surface area contributed by atoms with Crippen LogP contribution in [0.2, 0.25) is 0 Å². The van der Waals surface area contributed by atoms with Crippen LogP contribution in [0.15, 0.2) is 11.1 Å². The van der Waals surface area contributed by atoms with Crippen LogP contribution in [0.25, 0.3) is 0 Å². The van der Waals surface area contributed by atoms with Crippen molar-refractivity contribution in [1.82, 2.24) is 9.97 Å². The van der Waals surface area contributed by atoms with Crippen LogP contribution < -0.4 is 11.3 Å². The minimum Gasteiger partial charge on any atom is -0.330 e. The molecule has 0 saturated heterocycles. The predicted molar refractivity (Wildman–Crippen MR) is 44.8 cm³/mol. The van der Waals surface area contributed by atoms with E-state index in [-0.39, 0.29) is 5.56 Å². The fraction of sp³-hybridized carbons (Fsp3) is 0.500. The molecule has 12 heavy (non-hydrogen) atoms. The van der Waals surface area contributed by atoms with Gasteiger partial charge in [0.15, 0.2) is 0 Å². The van der Waals surface area contributed by atoms with Gasteiger partial charge in [-0.25, -0.2) is 4.98 Å². The van der Waals surface area contributed by atoms with E-state index < -0.39 is 0 Å². The fourth-order valence-electron chi connectivity index (χ4n) is 1.65. The Morgan fingerprint density at radius 2 is 2.50 bits per heavy atom. The molecule has 1 aromatic heterocycles. The van der Waals surface area contributed by atoms with E-state index in [0.29, 0.717) is 12.5 Å². The van der Waals surface area contributed by atoms with Gasteiger partial charge in [0.2, 0.25) is 0 Å². The largest absolute Gasteiger partial charge is 0.330 e. The highest BCUT2D eigenvalue weighted by molar-refractivity contribution is 5.22. The average molecular weight is 165 g/mol. The molecule has 1 unspecified atom stereocenters. The summed E-state index contributed by atoms with van der Waals surface area (Å²) in [6.07, 6.45) is 3.10. The Kier molecular flexibility index (Phi) is 1.69. The van der Waals surface area contributed by atoms with Crippen molar-refractivity contribution in [2.75, 3.05) is 6.54 Å². The first-order valence-corrected chi connectivity index (χ1v) is 4.06. The van der Waals surface area contributed by atoms with Gasteiger partial charge in [-0.3, -0.25) is 4.79 Å². The van der Waals surface area contributed by atoms with E-state index in [4.69, 9.17) is 5.73 Å². The Hall–Kier alpha value is -1.16. The van der Waals surface area contributed by atoms with E-state index in [9.17, 15) is 4.79 Å². The standard InChI is InChI=1S/C8H11N3O/c9-3-5-1-6-7(2-5)10-4-11-8(6)12/h4-5H,1-3,9H2,(H,10,11,12). The van der Waals surface area contributed by atoms with E-state index in [2.05, 4.69) is 9.97 Å². The number of hydrogen-bond donors (Lipinski definition) is 2. The van der Waals surface area contributed by atoms with Gasteiger partial charge in [0.1, 0.15) is 0 Å². The van der Waals surface area contributed by atoms with Gasteiger partial charge in [0.05, 0.1) is 12.0 Å². The Bertz CT molecular complexity index is 344. The Labute approximate surface area is 69.8 Å². The molecule has 1 atom stereocenters. The maximum Gasteiger partial charge on any atom is 0.254 e. The summed E-state index contributed by atoms with van der Waals surface area (Å²) >= 11 is 0. The lowest BCUT2D eigenvalue weighted by Gasteiger charge is -2.00. The van der Waals surface area contributed by atoms with Crippen molar-refractivity contribution in [2.45, 2.75) is 12.8 Å². The third kappa shape index (κ3) is 1.04. The normalized spacial score (nSPS) is 20.9. The van der Waals surface area contributed by atoms with Crippen molar-refractivity contribution < 1.29 is 0 Å². The second-order valence-electron chi connectivity index (χ2n) is 3.17. The summed E-state index contributed by atoms with van der Waals surface area (Å²) in [7, 11) is 0. The molecule has 64 valence electrons. The van der Waals surface area contributed by atoms with E-state index >= 15 is 0 Å². The lowest BCUT2D eigenvalue weighted by molar-refractivity contribution is 0.571. The molecule has 3 N–H and O–H groups in total. The predicted octanol–water partition coefficient (Wildman–Crippen LogP) is -0.557. The Morgan fingerprint density at radius 1 is 1.67 bits per heavy atom. The third-order valence-corrected chi connectivity index (χ3v) is 2.35.